The third-order valence-electron chi connectivity index (χ3n) is 6.19. The van der Waals surface area contributed by atoms with E-state index in [2.05, 4.69) is 23.9 Å². The molecule has 0 N–H and O–H groups in total. The second-order valence-electron chi connectivity index (χ2n) is 8.91. The van der Waals surface area contributed by atoms with E-state index < -0.39 is 0 Å². The van der Waals surface area contributed by atoms with Crippen molar-refractivity contribution in [1.82, 2.24) is 24.4 Å². The van der Waals surface area contributed by atoms with Crippen LogP contribution in [0.3, 0.4) is 0 Å². The lowest BCUT2D eigenvalue weighted by atomic mass is 10.0. The SMILES string of the molecule is CCCCOc1ccc(-c2nn(-c3ccccc3)cc2C=c2sc3nc(-c4cccs4)nn3c2=O)c(C)c1. The molecule has 0 aliphatic heterocycles. The van der Waals surface area contributed by atoms with Crippen LogP contribution in [0, 0.1) is 6.92 Å². The molecule has 0 fully saturated rings. The van der Waals surface area contributed by atoms with Crippen LogP contribution >= 0.6 is 22.7 Å². The molecule has 0 aliphatic rings. The lowest BCUT2D eigenvalue weighted by Crippen LogP contribution is -2.23. The third-order valence-corrected chi connectivity index (χ3v) is 8.02. The van der Waals surface area contributed by atoms with Crippen LogP contribution in [-0.2, 0) is 0 Å². The highest BCUT2D eigenvalue weighted by atomic mass is 32.1. The molecule has 0 saturated heterocycles. The number of hydrogen-bond acceptors (Lipinski definition) is 7. The first-order valence-corrected chi connectivity index (χ1v) is 14.1. The van der Waals surface area contributed by atoms with E-state index in [9.17, 15) is 4.79 Å². The fraction of sp³-hybridized carbons (Fsp3) is 0.172. The zero-order chi connectivity index (χ0) is 26.1. The minimum Gasteiger partial charge on any atom is -0.494 e. The van der Waals surface area contributed by atoms with Crippen LogP contribution in [0.2, 0.25) is 0 Å². The summed E-state index contributed by atoms with van der Waals surface area (Å²) >= 11 is 2.88. The van der Waals surface area contributed by atoms with Gasteiger partial charge >= 0.3 is 0 Å². The Morgan fingerprint density at radius 3 is 2.66 bits per heavy atom. The van der Waals surface area contributed by atoms with Gasteiger partial charge in [0.1, 0.15) is 11.4 Å². The molecule has 6 aromatic rings. The molecule has 0 atom stereocenters. The number of aromatic nitrogens is 5. The summed E-state index contributed by atoms with van der Waals surface area (Å²) in [7, 11) is 0. The van der Waals surface area contributed by atoms with Gasteiger partial charge in [-0.15, -0.1) is 16.4 Å². The van der Waals surface area contributed by atoms with Gasteiger partial charge in [0.2, 0.25) is 4.96 Å². The number of ether oxygens (including phenoxy) is 1. The fourth-order valence-corrected chi connectivity index (χ4v) is 5.78. The van der Waals surface area contributed by atoms with Crippen molar-refractivity contribution in [3.63, 3.8) is 0 Å². The standard InChI is InChI=1S/C29H25N5O2S2/c1-3-4-14-36-22-12-13-23(19(2)16-22)26-20(18-33(31-26)21-9-6-5-7-10-21)17-25-28(35)34-29(38-25)30-27(32-34)24-11-8-15-37-24/h5-13,15-18H,3-4,14H2,1-2H3. The molecule has 0 radical (unpaired) electrons. The van der Waals surface area contributed by atoms with Crippen molar-refractivity contribution in [2.24, 2.45) is 0 Å². The molecule has 0 amide bonds. The lowest BCUT2D eigenvalue weighted by Gasteiger charge is -2.09. The van der Waals surface area contributed by atoms with Crippen molar-refractivity contribution in [3.05, 3.63) is 98.3 Å². The van der Waals surface area contributed by atoms with Gasteiger partial charge in [0.05, 0.1) is 21.7 Å². The van der Waals surface area contributed by atoms with Crippen LogP contribution in [0.15, 0.2) is 77.0 Å². The molecule has 0 saturated carbocycles. The maximum absolute atomic E-state index is 13.3. The van der Waals surface area contributed by atoms with Crippen molar-refractivity contribution in [2.45, 2.75) is 26.7 Å². The highest BCUT2D eigenvalue weighted by molar-refractivity contribution is 7.15. The van der Waals surface area contributed by atoms with E-state index in [0.717, 1.165) is 51.5 Å². The van der Waals surface area contributed by atoms with E-state index in [-0.39, 0.29) is 5.56 Å². The summed E-state index contributed by atoms with van der Waals surface area (Å²) in [6.07, 6.45) is 5.96. The quantitative estimate of drug-likeness (QED) is 0.230. The van der Waals surface area contributed by atoms with Gasteiger partial charge in [-0.25, -0.2) is 4.68 Å². The molecule has 6 rings (SSSR count). The average Bonchev–Trinajstić information content (AvgIpc) is 3.72. The summed E-state index contributed by atoms with van der Waals surface area (Å²) in [5, 5.41) is 11.4. The second kappa shape index (κ2) is 10.4. The van der Waals surface area contributed by atoms with Gasteiger partial charge in [0.15, 0.2) is 5.82 Å². The number of para-hydroxylation sites is 1. The van der Waals surface area contributed by atoms with Crippen LogP contribution in [-0.4, -0.2) is 31.0 Å². The predicted molar refractivity (Wildman–Crippen MR) is 153 cm³/mol. The number of fused-ring (bicyclic) bond motifs is 1. The average molecular weight is 540 g/mol. The Morgan fingerprint density at radius 1 is 1.05 bits per heavy atom. The van der Waals surface area contributed by atoms with Gasteiger partial charge in [-0.1, -0.05) is 48.9 Å². The van der Waals surface area contributed by atoms with Crippen molar-refractivity contribution in [1.29, 1.82) is 0 Å². The molecule has 0 unspecified atom stereocenters. The van der Waals surface area contributed by atoms with Gasteiger partial charge < -0.3 is 4.74 Å². The summed E-state index contributed by atoms with van der Waals surface area (Å²) in [5.74, 6) is 1.42. The number of hydrogen-bond donors (Lipinski definition) is 0. The second-order valence-corrected chi connectivity index (χ2v) is 10.9. The number of rotatable bonds is 8. The number of thiazole rings is 1. The third kappa shape index (κ3) is 4.66. The van der Waals surface area contributed by atoms with E-state index in [0.29, 0.717) is 21.9 Å². The van der Waals surface area contributed by atoms with Gasteiger partial charge in [-0.3, -0.25) is 4.79 Å². The minimum absolute atomic E-state index is 0.185. The maximum atomic E-state index is 13.3. The Morgan fingerprint density at radius 2 is 1.92 bits per heavy atom. The van der Waals surface area contributed by atoms with Gasteiger partial charge in [-0.2, -0.15) is 14.6 Å². The molecule has 0 spiro atoms. The van der Waals surface area contributed by atoms with E-state index in [4.69, 9.17) is 9.84 Å². The monoisotopic (exact) mass is 539 g/mol. The van der Waals surface area contributed by atoms with E-state index in [1.807, 2.05) is 83.0 Å². The van der Waals surface area contributed by atoms with Gasteiger partial charge in [-0.05, 0) is 66.8 Å². The predicted octanol–water partition coefficient (Wildman–Crippen LogP) is 5.77. The van der Waals surface area contributed by atoms with Gasteiger partial charge in [0, 0.05) is 17.3 Å². The highest BCUT2D eigenvalue weighted by Gasteiger charge is 2.16. The largest absolute Gasteiger partial charge is 0.494 e. The van der Waals surface area contributed by atoms with E-state index >= 15 is 0 Å². The highest BCUT2D eigenvalue weighted by Crippen LogP contribution is 2.30. The van der Waals surface area contributed by atoms with Gasteiger partial charge in [0.25, 0.3) is 5.56 Å². The molecule has 38 heavy (non-hydrogen) atoms. The molecule has 7 nitrogen and oxygen atoms in total. The smallest absolute Gasteiger partial charge is 0.291 e. The molecule has 2 aromatic carbocycles. The summed E-state index contributed by atoms with van der Waals surface area (Å²) in [6, 6.07) is 19.9. The molecular weight excluding hydrogens is 514 g/mol. The first kappa shape index (κ1) is 24.3. The number of nitrogens with zero attached hydrogens (tertiary/aromatic N) is 5. The molecule has 4 aromatic heterocycles. The molecule has 0 bridgehead atoms. The van der Waals surface area contributed by atoms with Crippen LogP contribution < -0.4 is 14.8 Å². The maximum Gasteiger partial charge on any atom is 0.291 e. The Kier molecular flexibility index (Phi) is 6.61. The molecular formula is C29H25N5O2S2. The van der Waals surface area contributed by atoms with Crippen LogP contribution in [0.4, 0.5) is 0 Å². The van der Waals surface area contributed by atoms with Crippen LogP contribution in [0.25, 0.3) is 38.7 Å². The zero-order valence-electron chi connectivity index (χ0n) is 21.0. The molecule has 4 heterocycles. The summed E-state index contributed by atoms with van der Waals surface area (Å²) in [4.78, 5) is 19.4. The molecule has 9 heteroatoms. The zero-order valence-corrected chi connectivity index (χ0v) is 22.6. The normalized spacial score (nSPS) is 12.0. The summed E-state index contributed by atoms with van der Waals surface area (Å²) < 4.78 is 9.70. The fourth-order valence-electron chi connectivity index (χ4n) is 4.23. The molecule has 0 aliphatic carbocycles. The Labute approximate surface area is 227 Å². The van der Waals surface area contributed by atoms with Crippen molar-refractivity contribution < 1.29 is 4.74 Å². The number of aryl methyl sites for hydroxylation is 1. The van der Waals surface area contributed by atoms with Crippen molar-refractivity contribution in [3.8, 4) is 33.4 Å². The minimum atomic E-state index is -0.185. The van der Waals surface area contributed by atoms with Crippen LogP contribution in [0.5, 0.6) is 5.75 Å². The van der Waals surface area contributed by atoms with E-state index in [1.165, 1.54) is 15.9 Å². The lowest BCUT2D eigenvalue weighted by molar-refractivity contribution is 0.309. The Balaban J connectivity index is 1.45. The van der Waals surface area contributed by atoms with Crippen molar-refractivity contribution in [2.75, 3.05) is 6.61 Å². The Bertz CT molecular complexity index is 1820. The first-order valence-electron chi connectivity index (χ1n) is 12.4. The topological polar surface area (TPSA) is 74.3 Å². The number of benzene rings is 2. The Hall–Kier alpha value is -4.08. The van der Waals surface area contributed by atoms with E-state index in [1.54, 1.807) is 11.3 Å². The van der Waals surface area contributed by atoms with Crippen LogP contribution in [0.1, 0.15) is 30.9 Å². The number of thiophene rings is 1. The van der Waals surface area contributed by atoms with Crippen molar-refractivity contribution >= 4 is 33.7 Å². The molecule has 190 valence electrons. The first-order chi connectivity index (χ1) is 18.6. The summed E-state index contributed by atoms with van der Waals surface area (Å²) in [6.45, 7) is 4.91. The number of unbranched alkanes of at least 4 members (excludes halogenated alkanes) is 1. The summed E-state index contributed by atoms with van der Waals surface area (Å²) in [5.41, 5.74) is 4.44.